The third-order valence-electron chi connectivity index (χ3n) is 3.05. The summed E-state index contributed by atoms with van der Waals surface area (Å²) in [7, 11) is 0. The van der Waals surface area contributed by atoms with Crippen molar-refractivity contribution in [1.29, 1.82) is 0 Å². The van der Waals surface area contributed by atoms with Crippen molar-refractivity contribution in [2.24, 2.45) is 0 Å². The molecule has 6 nitrogen and oxygen atoms in total. The van der Waals surface area contributed by atoms with Crippen LogP contribution in [-0.4, -0.2) is 32.9 Å². The Morgan fingerprint density at radius 3 is 2.84 bits per heavy atom. The topological polar surface area (TPSA) is 91.4 Å². The molecule has 0 amide bonds. The summed E-state index contributed by atoms with van der Waals surface area (Å²) in [5.41, 5.74) is 0.612. The van der Waals surface area contributed by atoms with E-state index < -0.39 is 0 Å². The van der Waals surface area contributed by atoms with Gasteiger partial charge in [0.15, 0.2) is 11.5 Å². The van der Waals surface area contributed by atoms with Gasteiger partial charge in [0.05, 0.1) is 0 Å². The highest BCUT2D eigenvalue weighted by Crippen LogP contribution is 2.29. The first kappa shape index (κ1) is 12.0. The van der Waals surface area contributed by atoms with Crippen molar-refractivity contribution >= 4 is 0 Å². The summed E-state index contributed by atoms with van der Waals surface area (Å²) in [6.07, 6.45) is 3.19. The van der Waals surface area contributed by atoms with Gasteiger partial charge in [-0.25, -0.2) is 0 Å². The van der Waals surface area contributed by atoms with Crippen LogP contribution in [0.2, 0.25) is 0 Å². The lowest BCUT2D eigenvalue weighted by Gasteiger charge is -1.98. The number of phenolic OH excluding ortho intramolecular Hbond substituents is 2. The number of nitrogens with one attached hydrogen (secondary N) is 1. The molecule has 0 unspecified atom stereocenters. The van der Waals surface area contributed by atoms with Gasteiger partial charge in [0.25, 0.3) is 0 Å². The van der Waals surface area contributed by atoms with E-state index in [-0.39, 0.29) is 11.5 Å². The first-order valence-corrected chi connectivity index (χ1v) is 6.31. The molecule has 1 heterocycles. The van der Waals surface area contributed by atoms with E-state index in [1.807, 2.05) is 0 Å². The fourth-order valence-electron chi connectivity index (χ4n) is 1.81. The Morgan fingerprint density at radius 2 is 2.11 bits per heavy atom. The Labute approximate surface area is 110 Å². The first-order valence-electron chi connectivity index (χ1n) is 6.31. The quantitative estimate of drug-likeness (QED) is 0.705. The zero-order valence-electron chi connectivity index (χ0n) is 10.3. The number of hydrogen-bond donors (Lipinski definition) is 3. The van der Waals surface area contributed by atoms with E-state index in [2.05, 4.69) is 15.5 Å². The molecule has 0 aliphatic heterocycles. The smallest absolute Gasteiger partial charge is 0.228 e. The molecule has 3 N–H and O–H groups in total. The lowest BCUT2D eigenvalue weighted by molar-refractivity contribution is 0.376. The van der Waals surface area contributed by atoms with Gasteiger partial charge in [-0.15, -0.1) is 0 Å². The van der Waals surface area contributed by atoms with Gasteiger partial charge in [0.2, 0.25) is 11.7 Å². The van der Waals surface area contributed by atoms with Gasteiger partial charge < -0.3 is 20.1 Å². The predicted molar refractivity (Wildman–Crippen MR) is 67.8 cm³/mol. The monoisotopic (exact) mass is 261 g/mol. The van der Waals surface area contributed by atoms with Crippen LogP contribution in [0.4, 0.5) is 0 Å². The van der Waals surface area contributed by atoms with Crippen LogP contribution in [0.25, 0.3) is 11.4 Å². The van der Waals surface area contributed by atoms with Gasteiger partial charge in [0.1, 0.15) is 0 Å². The minimum atomic E-state index is -0.195. The second kappa shape index (κ2) is 4.89. The fourth-order valence-corrected chi connectivity index (χ4v) is 1.81. The lowest BCUT2D eigenvalue weighted by Crippen LogP contribution is -2.19. The molecule has 0 bridgehead atoms. The van der Waals surface area contributed by atoms with E-state index in [0.717, 1.165) is 6.54 Å². The van der Waals surface area contributed by atoms with Crippen molar-refractivity contribution < 1.29 is 14.7 Å². The molecular formula is C13H15N3O3. The van der Waals surface area contributed by atoms with Crippen molar-refractivity contribution in [3.8, 4) is 22.9 Å². The molecule has 1 aromatic carbocycles. The highest BCUT2D eigenvalue weighted by molar-refractivity contribution is 5.59. The largest absolute Gasteiger partial charge is 0.504 e. The number of phenols is 2. The summed E-state index contributed by atoms with van der Waals surface area (Å²) in [6.45, 7) is 0.827. The first-order chi connectivity index (χ1) is 9.22. The Balaban J connectivity index is 1.67. The van der Waals surface area contributed by atoms with Gasteiger partial charge >= 0.3 is 0 Å². The van der Waals surface area contributed by atoms with Gasteiger partial charge in [-0.3, -0.25) is 0 Å². The number of hydrogen-bond acceptors (Lipinski definition) is 6. The van der Waals surface area contributed by atoms with Crippen molar-refractivity contribution in [1.82, 2.24) is 15.5 Å². The molecule has 1 fully saturated rings. The van der Waals surface area contributed by atoms with Gasteiger partial charge in [-0.1, -0.05) is 5.16 Å². The van der Waals surface area contributed by atoms with Crippen LogP contribution in [0.1, 0.15) is 18.7 Å². The molecule has 1 aromatic heterocycles. The lowest BCUT2D eigenvalue weighted by atomic mass is 10.2. The van der Waals surface area contributed by atoms with Crippen molar-refractivity contribution in [2.75, 3.05) is 6.54 Å². The van der Waals surface area contributed by atoms with Gasteiger partial charge in [-0.05, 0) is 31.0 Å². The van der Waals surface area contributed by atoms with Crippen LogP contribution in [0.15, 0.2) is 22.7 Å². The minimum absolute atomic E-state index is 0.166. The van der Waals surface area contributed by atoms with E-state index in [0.29, 0.717) is 29.7 Å². The normalized spacial score (nSPS) is 14.7. The molecule has 0 saturated heterocycles. The third kappa shape index (κ3) is 2.85. The molecular weight excluding hydrogens is 246 g/mol. The number of rotatable bonds is 5. The van der Waals surface area contributed by atoms with Crippen LogP contribution in [0, 0.1) is 0 Å². The maximum absolute atomic E-state index is 9.43. The van der Waals surface area contributed by atoms with Crippen LogP contribution < -0.4 is 5.32 Å². The third-order valence-corrected chi connectivity index (χ3v) is 3.05. The molecule has 100 valence electrons. The van der Waals surface area contributed by atoms with Crippen molar-refractivity contribution in [3.63, 3.8) is 0 Å². The zero-order chi connectivity index (χ0) is 13.2. The van der Waals surface area contributed by atoms with Crippen molar-refractivity contribution in [3.05, 3.63) is 24.1 Å². The molecule has 0 spiro atoms. The standard InChI is InChI=1S/C13H15N3O3/c17-10-4-1-8(7-11(10)18)13-15-12(19-16-13)5-6-14-9-2-3-9/h1,4,7,9,14,17-18H,2-3,5-6H2. The SMILES string of the molecule is Oc1ccc(-c2noc(CCNC3CC3)n2)cc1O. The number of aromatic hydroxyl groups is 2. The Kier molecular flexibility index (Phi) is 3.08. The van der Waals surface area contributed by atoms with E-state index in [4.69, 9.17) is 4.52 Å². The summed E-state index contributed by atoms with van der Waals surface area (Å²) >= 11 is 0. The van der Waals surface area contributed by atoms with E-state index in [9.17, 15) is 10.2 Å². The summed E-state index contributed by atoms with van der Waals surface area (Å²) in [5, 5.41) is 25.9. The van der Waals surface area contributed by atoms with Gasteiger partial charge in [-0.2, -0.15) is 4.98 Å². The maximum atomic E-state index is 9.43. The number of aromatic nitrogens is 2. The summed E-state index contributed by atoms with van der Waals surface area (Å²) in [4.78, 5) is 4.26. The summed E-state index contributed by atoms with van der Waals surface area (Å²) in [5.74, 6) is 0.618. The Hall–Kier alpha value is -2.08. The molecule has 1 aliphatic rings. The Bertz CT molecular complexity index is 578. The molecule has 6 heteroatoms. The molecule has 1 saturated carbocycles. The predicted octanol–water partition coefficient (Wildman–Crippen LogP) is 1.44. The maximum Gasteiger partial charge on any atom is 0.228 e. The molecule has 19 heavy (non-hydrogen) atoms. The highest BCUT2D eigenvalue weighted by Gasteiger charge is 2.20. The number of benzene rings is 1. The summed E-state index contributed by atoms with van der Waals surface area (Å²) < 4.78 is 5.15. The van der Waals surface area contributed by atoms with E-state index in [1.54, 1.807) is 6.07 Å². The second-order valence-corrected chi connectivity index (χ2v) is 4.69. The van der Waals surface area contributed by atoms with Crippen LogP contribution in [-0.2, 0) is 6.42 Å². The molecule has 0 radical (unpaired) electrons. The van der Waals surface area contributed by atoms with Crippen LogP contribution >= 0.6 is 0 Å². The Morgan fingerprint density at radius 1 is 1.26 bits per heavy atom. The molecule has 3 rings (SSSR count). The van der Waals surface area contributed by atoms with Gasteiger partial charge in [0, 0.05) is 24.6 Å². The molecule has 2 aromatic rings. The zero-order valence-corrected chi connectivity index (χ0v) is 10.3. The second-order valence-electron chi connectivity index (χ2n) is 4.69. The van der Waals surface area contributed by atoms with Crippen LogP contribution in [0.5, 0.6) is 11.5 Å². The molecule has 1 aliphatic carbocycles. The summed E-state index contributed by atoms with van der Waals surface area (Å²) in [6, 6.07) is 5.10. The van der Waals surface area contributed by atoms with E-state index in [1.165, 1.54) is 25.0 Å². The van der Waals surface area contributed by atoms with E-state index >= 15 is 0 Å². The average Bonchev–Trinajstić information content (AvgIpc) is 3.10. The number of nitrogens with zero attached hydrogens (tertiary/aromatic N) is 2. The van der Waals surface area contributed by atoms with Crippen LogP contribution in [0.3, 0.4) is 0 Å². The minimum Gasteiger partial charge on any atom is -0.504 e. The fraction of sp³-hybridized carbons (Fsp3) is 0.385. The average molecular weight is 261 g/mol. The van der Waals surface area contributed by atoms with Crippen molar-refractivity contribution in [2.45, 2.75) is 25.3 Å². The molecule has 0 atom stereocenters. The highest BCUT2D eigenvalue weighted by atomic mass is 16.5.